The Hall–Kier alpha value is -3.86. The lowest BCUT2D eigenvalue weighted by molar-refractivity contribution is 0.617. The average Bonchev–Trinajstić information content (AvgIpc) is 3.28. The zero-order chi connectivity index (χ0) is 21.1. The lowest BCUT2D eigenvalue weighted by Gasteiger charge is -2.30. The molecule has 1 aliphatic rings. The number of rotatable bonds is 2. The van der Waals surface area contributed by atoms with Gasteiger partial charge in [-0.25, -0.2) is 9.37 Å². The zero-order valence-electron chi connectivity index (χ0n) is 17.2. The van der Waals surface area contributed by atoms with Gasteiger partial charge in [-0.15, -0.1) is 0 Å². The molecule has 2 aromatic heterocycles. The van der Waals surface area contributed by atoms with Gasteiger partial charge in [-0.1, -0.05) is 30.3 Å². The number of hydrogen-bond acceptors (Lipinski definition) is 4. The van der Waals surface area contributed by atoms with Crippen molar-refractivity contribution in [2.45, 2.75) is 20.0 Å². The topological polar surface area (TPSA) is 32.5 Å². The minimum Gasteiger partial charge on any atom is -0.454 e. The Kier molecular flexibility index (Phi) is 3.81. The van der Waals surface area contributed by atoms with Crippen molar-refractivity contribution in [3.63, 3.8) is 0 Å². The molecule has 0 spiro atoms. The van der Waals surface area contributed by atoms with Crippen LogP contribution in [0, 0.1) is 12.7 Å². The van der Waals surface area contributed by atoms with Gasteiger partial charge in [0.25, 0.3) is 0 Å². The van der Waals surface area contributed by atoms with Crippen molar-refractivity contribution in [1.29, 1.82) is 0 Å². The predicted octanol–water partition coefficient (Wildman–Crippen LogP) is 7.06. The summed E-state index contributed by atoms with van der Waals surface area (Å²) in [4.78, 5) is 9.24. The molecule has 4 nitrogen and oxygen atoms in total. The van der Waals surface area contributed by atoms with Crippen LogP contribution in [0.3, 0.4) is 0 Å². The fourth-order valence-corrected chi connectivity index (χ4v) is 4.69. The minimum atomic E-state index is -0.304. The summed E-state index contributed by atoms with van der Waals surface area (Å²) in [5.41, 5.74) is 5.47. The standard InChI is InChI=1S/C26H20FN3O/c1-16-10-12-21-20-13-11-18(27)15-23(20)31-25(21)24(16)30-17(2)29(19-7-4-3-5-8-19)22-9-6-14-28-26(22)30/h3-15,17H,1-2H3/t17-/m0/s1. The highest BCUT2D eigenvalue weighted by Gasteiger charge is 2.38. The van der Waals surface area contributed by atoms with E-state index in [1.165, 1.54) is 12.1 Å². The molecule has 0 radical (unpaired) electrons. The first kappa shape index (κ1) is 18.0. The number of para-hydroxylation sites is 1. The summed E-state index contributed by atoms with van der Waals surface area (Å²) in [6.45, 7) is 4.23. The van der Waals surface area contributed by atoms with E-state index >= 15 is 0 Å². The number of pyridine rings is 1. The molecule has 152 valence electrons. The third kappa shape index (κ3) is 2.56. The first-order valence-electron chi connectivity index (χ1n) is 10.3. The summed E-state index contributed by atoms with van der Waals surface area (Å²) >= 11 is 0. The Morgan fingerprint density at radius 3 is 2.55 bits per heavy atom. The lowest BCUT2D eigenvalue weighted by Crippen LogP contribution is -2.35. The van der Waals surface area contributed by atoms with Crippen molar-refractivity contribution in [3.8, 4) is 0 Å². The number of hydrogen-bond donors (Lipinski definition) is 0. The van der Waals surface area contributed by atoms with E-state index < -0.39 is 0 Å². The molecule has 3 aromatic carbocycles. The number of furan rings is 1. The monoisotopic (exact) mass is 409 g/mol. The van der Waals surface area contributed by atoms with Gasteiger partial charge in [0.15, 0.2) is 11.4 Å². The van der Waals surface area contributed by atoms with Crippen LogP contribution in [0.25, 0.3) is 21.9 Å². The maximum Gasteiger partial charge on any atom is 0.159 e. The molecule has 0 aliphatic carbocycles. The molecular formula is C26H20FN3O. The van der Waals surface area contributed by atoms with E-state index in [-0.39, 0.29) is 12.0 Å². The molecule has 31 heavy (non-hydrogen) atoms. The van der Waals surface area contributed by atoms with Crippen molar-refractivity contribution in [1.82, 2.24) is 4.98 Å². The van der Waals surface area contributed by atoms with Gasteiger partial charge in [-0.3, -0.25) is 4.90 Å². The molecule has 0 saturated carbocycles. The van der Waals surface area contributed by atoms with Crippen molar-refractivity contribution in [2.24, 2.45) is 0 Å². The van der Waals surface area contributed by atoms with E-state index in [0.29, 0.717) is 5.58 Å². The van der Waals surface area contributed by atoms with E-state index in [0.717, 1.165) is 44.8 Å². The summed E-state index contributed by atoms with van der Waals surface area (Å²) in [5.74, 6) is 0.572. The van der Waals surface area contributed by atoms with Crippen LogP contribution in [0.5, 0.6) is 0 Å². The van der Waals surface area contributed by atoms with Crippen molar-refractivity contribution in [2.75, 3.05) is 9.80 Å². The summed E-state index contributed by atoms with van der Waals surface area (Å²) in [5, 5.41) is 1.88. The maximum atomic E-state index is 13.9. The molecule has 1 aliphatic heterocycles. The van der Waals surface area contributed by atoms with Gasteiger partial charge in [-0.05, 0) is 55.8 Å². The van der Waals surface area contributed by atoms with Crippen LogP contribution >= 0.6 is 0 Å². The van der Waals surface area contributed by atoms with Gasteiger partial charge in [0, 0.05) is 28.7 Å². The first-order valence-corrected chi connectivity index (χ1v) is 10.3. The fraction of sp³-hybridized carbons (Fsp3) is 0.115. The van der Waals surface area contributed by atoms with Crippen LogP contribution in [-0.2, 0) is 0 Å². The number of fused-ring (bicyclic) bond motifs is 4. The van der Waals surface area contributed by atoms with E-state index in [1.807, 2.05) is 36.5 Å². The highest BCUT2D eigenvalue weighted by Crippen LogP contribution is 2.49. The molecule has 1 atom stereocenters. The quantitative estimate of drug-likeness (QED) is 0.312. The Balaban J connectivity index is 1.62. The molecule has 3 heterocycles. The Labute approximate surface area is 179 Å². The SMILES string of the molecule is Cc1ccc2c(oc3cc(F)ccc32)c1N1c2ncccc2N(c2ccccc2)[C@@H]1C. The van der Waals surface area contributed by atoms with Crippen LogP contribution < -0.4 is 9.80 Å². The number of anilines is 4. The van der Waals surface area contributed by atoms with Crippen LogP contribution in [0.4, 0.5) is 27.3 Å². The van der Waals surface area contributed by atoms with E-state index in [4.69, 9.17) is 9.40 Å². The van der Waals surface area contributed by atoms with Gasteiger partial charge in [0.2, 0.25) is 0 Å². The Bertz CT molecular complexity index is 1440. The predicted molar refractivity (Wildman–Crippen MR) is 123 cm³/mol. The van der Waals surface area contributed by atoms with Gasteiger partial charge in [0.1, 0.15) is 17.6 Å². The normalized spacial score (nSPS) is 15.8. The molecule has 0 N–H and O–H groups in total. The lowest BCUT2D eigenvalue weighted by atomic mass is 10.1. The number of aromatic nitrogens is 1. The fourth-order valence-electron chi connectivity index (χ4n) is 4.69. The highest BCUT2D eigenvalue weighted by atomic mass is 19.1. The molecule has 0 saturated heterocycles. The van der Waals surface area contributed by atoms with Crippen LogP contribution in [-0.4, -0.2) is 11.1 Å². The molecule has 6 rings (SSSR count). The van der Waals surface area contributed by atoms with Crippen molar-refractivity contribution >= 4 is 44.8 Å². The molecule has 5 heteroatoms. The minimum absolute atomic E-state index is 0.0263. The van der Waals surface area contributed by atoms with Crippen LogP contribution in [0.2, 0.25) is 0 Å². The van der Waals surface area contributed by atoms with Gasteiger partial charge in [0.05, 0.1) is 11.4 Å². The Morgan fingerprint density at radius 1 is 0.903 bits per heavy atom. The van der Waals surface area contributed by atoms with Gasteiger partial charge in [-0.2, -0.15) is 0 Å². The second-order valence-electron chi connectivity index (χ2n) is 7.90. The van der Waals surface area contributed by atoms with E-state index in [9.17, 15) is 4.39 Å². The number of aryl methyl sites for hydroxylation is 1. The largest absolute Gasteiger partial charge is 0.454 e. The second kappa shape index (κ2) is 6.57. The smallest absolute Gasteiger partial charge is 0.159 e. The molecule has 0 fully saturated rings. The third-order valence-corrected chi connectivity index (χ3v) is 6.06. The molecule has 0 unspecified atom stereocenters. The zero-order valence-corrected chi connectivity index (χ0v) is 17.2. The maximum absolute atomic E-state index is 13.9. The van der Waals surface area contributed by atoms with E-state index in [1.54, 1.807) is 6.07 Å². The van der Waals surface area contributed by atoms with Crippen LogP contribution in [0.1, 0.15) is 12.5 Å². The number of nitrogens with zero attached hydrogens (tertiary/aromatic N) is 3. The van der Waals surface area contributed by atoms with Gasteiger partial charge >= 0.3 is 0 Å². The summed E-state index contributed by atoms with van der Waals surface area (Å²) in [6.07, 6.45) is 1.79. The summed E-state index contributed by atoms with van der Waals surface area (Å²) in [6, 6.07) is 23.2. The average molecular weight is 409 g/mol. The number of halogens is 1. The van der Waals surface area contributed by atoms with Crippen LogP contribution in [0.15, 0.2) is 83.4 Å². The molecular weight excluding hydrogens is 389 g/mol. The van der Waals surface area contributed by atoms with Crippen molar-refractivity contribution in [3.05, 3.63) is 90.4 Å². The molecule has 0 bridgehead atoms. The highest BCUT2D eigenvalue weighted by molar-refractivity contribution is 6.10. The summed E-state index contributed by atoms with van der Waals surface area (Å²) in [7, 11) is 0. The first-order chi connectivity index (χ1) is 15.1. The second-order valence-corrected chi connectivity index (χ2v) is 7.90. The summed E-state index contributed by atoms with van der Waals surface area (Å²) < 4.78 is 20.1. The molecule has 0 amide bonds. The third-order valence-electron chi connectivity index (χ3n) is 6.06. The van der Waals surface area contributed by atoms with Crippen molar-refractivity contribution < 1.29 is 8.81 Å². The van der Waals surface area contributed by atoms with Gasteiger partial charge < -0.3 is 9.32 Å². The van der Waals surface area contributed by atoms with E-state index in [2.05, 4.69) is 47.9 Å². The Morgan fingerprint density at radius 2 is 1.71 bits per heavy atom. The number of benzene rings is 3. The molecule has 5 aromatic rings.